The molecule has 3 N–H and O–H groups in total. The highest BCUT2D eigenvalue weighted by atomic mass is 16.4. The van der Waals surface area contributed by atoms with Gasteiger partial charge in [-0.15, -0.1) is 0 Å². The van der Waals surface area contributed by atoms with Gasteiger partial charge < -0.3 is 15.7 Å². The van der Waals surface area contributed by atoms with Gasteiger partial charge in [0.1, 0.15) is 6.54 Å². The van der Waals surface area contributed by atoms with Crippen LogP contribution in [0.25, 0.3) is 0 Å². The summed E-state index contributed by atoms with van der Waals surface area (Å²) in [6.45, 7) is 3.69. The van der Waals surface area contributed by atoms with Gasteiger partial charge in [0.25, 0.3) is 0 Å². The summed E-state index contributed by atoms with van der Waals surface area (Å²) in [5.41, 5.74) is 0. The van der Waals surface area contributed by atoms with Crippen LogP contribution in [0.2, 0.25) is 0 Å². The Hall–Kier alpha value is -1.10. The fourth-order valence-corrected chi connectivity index (χ4v) is 1.11. The first-order valence-corrected chi connectivity index (χ1v) is 4.64. The number of carboxylic acid groups (broad SMARTS) is 1. The molecule has 0 bridgehead atoms. The normalized spacial score (nSPS) is 12.6. The van der Waals surface area contributed by atoms with Crippen LogP contribution >= 0.6 is 0 Å². The number of aliphatic carboxylic acids is 1. The molecule has 0 radical (unpaired) electrons. The molecule has 14 heavy (non-hydrogen) atoms. The number of amides is 1. The predicted octanol–water partition coefficient (Wildman–Crippen LogP) is -0.179. The van der Waals surface area contributed by atoms with Gasteiger partial charge in [-0.25, -0.2) is 0 Å². The Morgan fingerprint density at radius 3 is 2.29 bits per heavy atom. The number of carbonyl (C=O) groups excluding carboxylic acids is 1. The molecule has 0 aliphatic rings. The van der Waals surface area contributed by atoms with Crippen molar-refractivity contribution >= 4 is 11.9 Å². The Morgan fingerprint density at radius 2 is 1.93 bits per heavy atom. The molecule has 0 rings (SSSR count). The van der Waals surface area contributed by atoms with Crippen LogP contribution in [0, 0.1) is 5.92 Å². The minimum absolute atomic E-state index is 0.261. The molecule has 0 fully saturated rings. The lowest BCUT2D eigenvalue weighted by atomic mass is 10.0. The Morgan fingerprint density at radius 1 is 1.36 bits per heavy atom. The predicted molar refractivity (Wildman–Crippen MR) is 52.9 cm³/mol. The van der Waals surface area contributed by atoms with Crippen molar-refractivity contribution in [2.75, 3.05) is 13.6 Å². The van der Waals surface area contributed by atoms with Crippen LogP contribution in [0.4, 0.5) is 0 Å². The largest absolute Gasteiger partial charge is 0.480 e. The van der Waals surface area contributed by atoms with Crippen LogP contribution < -0.4 is 10.6 Å². The van der Waals surface area contributed by atoms with E-state index in [1.165, 1.54) is 0 Å². The Bertz CT molecular complexity index is 204. The van der Waals surface area contributed by atoms with Gasteiger partial charge in [0, 0.05) is 0 Å². The maximum atomic E-state index is 11.4. The van der Waals surface area contributed by atoms with E-state index in [9.17, 15) is 9.59 Å². The van der Waals surface area contributed by atoms with Crippen LogP contribution in [0.1, 0.15) is 20.3 Å². The number of hydrogen-bond donors (Lipinski definition) is 3. The molecule has 0 heterocycles. The lowest BCUT2D eigenvalue weighted by molar-refractivity contribution is -0.138. The molecular formula is C9H18N2O3. The van der Waals surface area contributed by atoms with E-state index in [1.54, 1.807) is 7.05 Å². The third-order valence-electron chi connectivity index (χ3n) is 1.79. The second-order valence-electron chi connectivity index (χ2n) is 3.58. The monoisotopic (exact) mass is 202 g/mol. The first kappa shape index (κ1) is 12.9. The molecule has 0 unspecified atom stereocenters. The lowest BCUT2D eigenvalue weighted by Gasteiger charge is -2.16. The van der Waals surface area contributed by atoms with Crippen LogP contribution in [0.3, 0.4) is 0 Å². The zero-order valence-corrected chi connectivity index (χ0v) is 8.83. The summed E-state index contributed by atoms with van der Waals surface area (Å²) in [7, 11) is 1.69. The van der Waals surface area contributed by atoms with Gasteiger partial charge in [-0.1, -0.05) is 13.8 Å². The van der Waals surface area contributed by atoms with Crippen LogP contribution in [-0.4, -0.2) is 36.6 Å². The van der Waals surface area contributed by atoms with E-state index in [1.807, 2.05) is 13.8 Å². The standard InChI is InChI=1S/C9H18N2O3/c1-6(2)4-7(10-3)9(14)11-5-8(12)13/h6-7,10H,4-5H2,1-3H3,(H,11,14)(H,12,13)/t7-/m0/s1. The molecule has 0 aromatic carbocycles. The van der Waals surface area contributed by atoms with Crippen molar-refractivity contribution < 1.29 is 14.7 Å². The van der Waals surface area contributed by atoms with Gasteiger partial charge in [0.15, 0.2) is 0 Å². The molecule has 0 saturated carbocycles. The maximum Gasteiger partial charge on any atom is 0.322 e. The number of rotatable bonds is 6. The first-order valence-electron chi connectivity index (χ1n) is 4.64. The van der Waals surface area contributed by atoms with Crippen LogP contribution in [-0.2, 0) is 9.59 Å². The molecule has 82 valence electrons. The molecule has 1 atom stereocenters. The summed E-state index contributed by atoms with van der Waals surface area (Å²) < 4.78 is 0. The van der Waals surface area contributed by atoms with Gasteiger partial charge in [0.2, 0.25) is 5.91 Å². The molecule has 0 aliphatic carbocycles. The maximum absolute atomic E-state index is 11.4. The highest BCUT2D eigenvalue weighted by Crippen LogP contribution is 2.03. The van der Waals surface area contributed by atoms with Gasteiger partial charge in [-0.3, -0.25) is 9.59 Å². The number of carbonyl (C=O) groups is 2. The van der Waals surface area contributed by atoms with Gasteiger partial charge >= 0.3 is 5.97 Å². The zero-order chi connectivity index (χ0) is 11.1. The molecule has 5 heteroatoms. The van der Waals surface area contributed by atoms with E-state index >= 15 is 0 Å². The van der Waals surface area contributed by atoms with Crippen molar-refractivity contribution in [1.29, 1.82) is 0 Å². The molecule has 0 spiro atoms. The topological polar surface area (TPSA) is 78.4 Å². The summed E-state index contributed by atoms with van der Waals surface area (Å²) in [6.07, 6.45) is 0.696. The van der Waals surface area contributed by atoms with Crippen molar-refractivity contribution in [1.82, 2.24) is 10.6 Å². The zero-order valence-electron chi connectivity index (χ0n) is 8.83. The van der Waals surface area contributed by atoms with Crippen molar-refractivity contribution in [3.8, 4) is 0 Å². The summed E-state index contributed by atoms with van der Waals surface area (Å²) in [5, 5.41) is 13.6. The lowest BCUT2D eigenvalue weighted by Crippen LogP contribution is -2.44. The second kappa shape index (κ2) is 6.37. The summed E-state index contributed by atoms with van der Waals surface area (Å²) >= 11 is 0. The highest BCUT2D eigenvalue weighted by Gasteiger charge is 2.17. The van der Waals surface area contributed by atoms with E-state index in [4.69, 9.17) is 5.11 Å². The Balaban J connectivity index is 3.97. The number of nitrogens with one attached hydrogen (secondary N) is 2. The van der Waals surface area contributed by atoms with Crippen molar-refractivity contribution in [2.45, 2.75) is 26.3 Å². The number of hydrogen-bond acceptors (Lipinski definition) is 3. The molecular weight excluding hydrogens is 184 g/mol. The minimum Gasteiger partial charge on any atom is -0.480 e. The van der Waals surface area contributed by atoms with Crippen LogP contribution in [0.5, 0.6) is 0 Å². The fourth-order valence-electron chi connectivity index (χ4n) is 1.11. The second-order valence-corrected chi connectivity index (χ2v) is 3.58. The van der Waals surface area contributed by atoms with E-state index in [0.29, 0.717) is 12.3 Å². The third kappa shape index (κ3) is 5.53. The molecule has 0 aliphatic heterocycles. The summed E-state index contributed by atoms with van der Waals surface area (Å²) in [4.78, 5) is 21.6. The SMILES string of the molecule is CN[C@@H](CC(C)C)C(=O)NCC(=O)O. The molecule has 0 saturated heterocycles. The highest BCUT2D eigenvalue weighted by molar-refractivity contribution is 5.85. The quantitative estimate of drug-likeness (QED) is 0.558. The average Bonchev–Trinajstić information content (AvgIpc) is 2.09. The smallest absolute Gasteiger partial charge is 0.322 e. The van der Waals surface area contributed by atoms with Gasteiger partial charge in [-0.05, 0) is 19.4 Å². The summed E-state index contributed by atoms with van der Waals surface area (Å²) in [5.74, 6) is -0.899. The fraction of sp³-hybridized carbons (Fsp3) is 0.778. The molecule has 0 aromatic rings. The number of carboxylic acids is 1. The van der Waals surface area contributed by atoms with E-state index in [0.717, 1.165) is 0 Å². The third-order valence-corrected chi connectivity index (χ3v) is 1.79. The van der Waals surface area contributed by atoms with E-state index in [-0.39, 0.29) is 18.5 Å². The van der Waals surface area contributed by atoms with Gasteiger partial charge in [0.05, 0.1) is 6.04 Å². The molecule has 0 aromatic heterocycles. The van der Waals surface area contributed by atoms with Crippen molar-refractivity contribution in [3.63, 3.8) is 0 Å². The number of likely N-dealkylation sites (N-methyl/N-ethyl adjacent to an activating group) is 1. The molecule has 5 nitrogen and oxygen atoms in total. The first-order chi connectivity index (χ1) is 6.47. The summed E-state index contributed by atoms with van der Waals surface area (Å²) in [6, 6.07) is -0.311. The minimum atomic E-state index is -1.03. The van der Waals surface area contributed by atoms with E-state index in [2.05, 4.69) is 10.6 Å². The Labute approximate surface area is 83.9 Å². The van der Waals surface area contributed by atoms with Crippen LogP contribution in [0.15, 0.2) is 0 Å². The van der Waals surface area contributed by atoms with Crippen molar-refractivity contribution in [3.05, 3.63) is 0 Å². The van der Waals surface area contributed by atoms with Gasteiger partial charge in [-0.2, -0.15) is 0 Å². The Kier molecular flexibility index (Phi) is 5.87. The molecule has 1 amide bonds. The van der Waals surface area contributed by atoms with Crippen molar-refractivity contribution in [2.24, 2.45) is 5.92 Å². The average molecular weight is 202 g/mol. The van der Waals surface area contributed by atoms with E-state index < -0.39 is 5.97 Å².